The van der Waals surface area contributed by atoms with Crippen LogP contribution in [0.3, 0.4) is 0 Å². The summed E-state index contributed by atoms with van der Waals surface area (Å²) >= 11 is 0. The summed E-state index contributed by atoms with van der Waals surface area (Å²) in [6, 6.07) is 0. The van der Waals surface area contributed by atoms with Gasteiger partial charge in [0, 0.05) is 0 Å². The largest absolute Gasteiger partial charge is 0.467 e. The van der Waals surface area contributed by atoms with Crippen LogP contribution < -0.4 is 0 Å². The van der Waals surface area contributed by atoms with Crippen molar-refractivity contribution in [2.45, 2.75) is 82.2 Å². The Morgan fingerprint density at radius 3 is 0.971 bits per heavy atom. The Balaban J connectivity index is 0. The van der Waals surface area contributed by atoms with E-state index >= 15 is 0 Å². The van der Waals surface area contributed by atoms with Gasteiger partial charge in [0.15, 0.2) is 20.0 Å². The monoisotopic (exact) mass is 580 g/mol. The summed E-state index contributed by atoms with van der Waals surface area (Å²) in [5.74, 6) is 0. The maximum absolute atomic E-state index is 12.3. The molecule has 18 heteroatoms. The van der Waals surface area contributed by atoms with Gasteiger partial charge in [-0.3, -0.25) is 0 Å². The van der Waals surface area contributed by atoms with Crippen LogP contribution >= 0.6 is 0 Å². The summed E-state index contributed by atoms with van der Waals surface area (Å²) in [6.45, 7) is 11.0. The normalized spacial score (nSPS) is 14.5. The molecule has 214 valence electrons. The Bertz CT molecular complexity index is 766. The number of sulfonamides is 2. The Hall–Kier alpha value is -0.880. The first-order valence-electron chi connectivity index (χ1n) is 10.3. The molecule has 0 aliphatic rings. The summed E-state index contributed by atoms with van der Waals surface area (Å²) in [5.41, 5.74) is 0. The van der Waals surface area contributed by atoms with Crippen molar-refractivity contribution in [3.8, 4) is 0 Å². The van der Waals surface area contributed by atoms with E-state index in [1.807, 2.05) is 0 Å². The minimum atomic E-state index is -7.62. The number of rotatable bonds is 13. The highest BCUT2D eigenvalue weighted by Gasteiger charge is 2.68. The number of halogens is 10. The molecule has 0 atom stereocenters. The van der Waals surface area contributed by atoms with Gasteiger partial charge >= 0.3 is 22.9 Å². The Labute approximate surface area is 198 Å². The van der Waals surface area contributed by atoms with Crippen molar-refractivity contribution in [3.05, 3.63) is 4.13 Å². The average molecular weight is 581 g/mol. The molecule has 0 aliphatic carbocycles. The van der Waals surface area contributed by atoms with Gasteiger partial charge in [-0.2, -0.15) is 43.9 Å². The van der Waals surface area contributed by atoms with Crippen LogP contribution in [0, 0.1) is 0 Å². The van der Waals surface area contributed by atoms with Gasteiger partial charge in [-0.25, -0.2) is 16.8 Å². The minimum absolute atomic E-state index is 0.422. The molecule has 0 spiro atoms. The standard InChI is InChI=1S/C13H30N.C4F10NO4S2/c1-5-8-11-14(4,12-9-6-2)13-10-7-3;5-1(6,7)3(11,12)20(16,17)15-21(18,19)4(13,14)2(8,9)10/h5-13H2,1-4H3;/q+1;-1. The van der Waals surface area contributed by atoms with E-state index in [1.165, 1.54) is 62.6 Å². The van der Waals surface area contributed by atoms with Crippen LogP contribution in [0.4, 0.5) is 43.9 Å². The van der Waals surface area contributed by atoms with Crippen molar-refractivity contribution in [1.82, 2.24) is 0 Å². The molecule has 0 unspecified atom stereocenters. The van der Waals surface area contributed by atoms with Gasteiger partial charge in [-0.1, -0.05) is 40.0 Å². The summed E-state index contributed by atoms with van der Waals surface area (Å²) in [4.78, 5) is 0. The van der Waals surface area contributed by atoms with E-state index in [-0.39, 0.29) is 0 Å². The van der Waals surface area contributed by atoms with Crippen molar-refractivity contribution < 1.29 is 65.2 Å². The highest BCUT2D eigenvalue weighted by molar-refractivity contribution is 8.13. The lowest BCUT2D eigenvalue weighted by Crippen LogP contribution is -2.48. The van der Waals surface area contributed by atoms with E-state index in [4.69, 9.17) is 0 Å². The molecule has 0 saturated carbocycles. The molecule has 0 aromatic carbocycles. The molecule has 0 aromatic rings. The lowest BCUT2D eigenvalue weighted by atomic mass is 10.2. The molecule has 6 nitrogen and oxygen atoms in total. The molecule has 0 N–H and O–H groups in total. The maximum atomic E-state index is 12.3. The Morgan fingerprint density at radius 2 is 0.800 bits per heavy atom. The fraction of sp³-hybridized carbons (Fsp3) is 1.00. The van der Waals surface area contributed by atoms with Gasteiger partial charge in [-0.15, -0.1) is 0 Å². The molecule has 0 heterocycles. The second-order valence-corrected chi connectivity index (χ2v) is 11.4. The molecular weight excluding hydrogens is 550 g/mol. The molecular formula is C17H30F10N2O4S2. The van der Waals surface area contributed by atoms with Crippen LogP contribution in [0.2, 0.25) is 0 Å². The van der Waals surface area contributed by atoms with E-state index in [9.17, 15) is 60.7 Å². The smallest absolute Gasteiger partial charge is 0.425 e. The topological polar surface area (TPSA) is 82.4 Å². The van der Waals surface area contributed by atoms with E-state index in [0.717, 1.165) is 0 Å². The van der Waals surface area contributed by atoms with Crippen LogP contribution in [0.15, 0.2) is 0 Å². The fourth-order valence-electron chi connectivity index (χ4n) is 2.47. The highest BCUT2D eigenvalue weighted by atomic mass is 32.3. The predicted octanol–water partition coefficient (Wildman–Crippen LogP) is 6.16. The van der Waals surface area contributed by atoms with Crippen LogP contribution in [0.1, 0.15) is 59.3 Å². The van der Waals surface area contributed by atoms with Gasteiger partial charge in [0.05, 0.1) is 26.7 Å². The van der Waals surface area contributed by atoms with Crippen molar-refractivity contribution in [2.75, 3.05) is 26.7 Å². The Kier molecular flexibility index (Phi) is 13.6. The second-order valence-electron chi connectivity index (χ2n) is 7.90. The second kappa shape index (κ2) is 13.1. The van der Waals surface area contributed by atoms with Crippen molar-refractivity contribution in [2.24, 2.45) is 0 Å². The number of hydrogen-bond acceptors (Lipinski definition) is 4. The van der Waals surface area contributed by atoms with E-state index in [2.05, 4.69) is 27.8 Å². The molecule has 0 aromatic heterocycles. The molecule has 0 saturated heterocycles. The van der Waals surface area contributed by atoms with Crippen LogP contribution in [0.25, 0.3) is 4.13 Å². The van der Waals surface area contributed by atoms with Crippen molar-refractivity contribution in [1.29, 1.82) is 0 Å². The van der Waals surface area contributed by atoms with E-state index in [1.54, 1.807) is 0 Å². The van der Waals surface area contributed by atoms with Gasteiger partial charge in [0.2, 0.25) is 0 Å². The van der Waals surface area contributed by atoms with E-state index in [0.29, 0.717) is 4.13 Å². The first-order chi connectivity index (χ1) is 15.4. The van der Waals surface area contributed by atoms with Crippen LogP contribution in [-0.4, -0.2) is 70.9 Å². The zero-order valence-electron chi connectivity index (χ0n) is 19.5. The predicted molar refractivity (Wildman–Crippen MR) is 109 cm³/mol. The quantitative estimate of drug-likeness (QED) is 0.193. The SMILES string of the molecule is CCCC[N+](C)(CCCC)CCCC.O=S(=O)([N-]S(=O)(=O)C(F)(F)C(F)(F)F)C(F)(F)C(F)(F)F. The number of alkyl halides is 10. The summed E-state index contributed by atoms with van der Waals surface area (Å²) < 4.78 is 162. The summed E-state index contributed by atoms with van der Waals surface area (Å²) in [6.07, 6.45) is -5.81. The zero-order valence-corrected chi connectivity index (χ0v) is 21.1. The van der Waals surface area contributed by atoms with Crippen molar-refractivity contribution in [3.63, 3.8) is 0 Å². The van der Waals surface area contributed by atoms with E-state index < -0.39 is 42.9 Å². The average Bonchev–Trinajstić information content (AvgIpc) is 2.67. The third-order valence-electron chi connectivity index (χ3n) is 4.66. The molecule has 0 bridgehead atoms. The zero-order chi connectivity index (χ0) is 28.6. The van der Waals surface area contributed by atoms with Gasteiger partial charge in [-0.05, 0) is 19.3 Å². The lowest BCUT2D eigenvalue weighted by molar-refractivity contribution is -0.910. The first kappa shape index (κ1) is 36.3. The maximum Gasteiger partial charge on any atom is 0.467 e. The summed E-state index contributed by atoms with van der Waals surface area (Å²) in [7, 11) is -12.8. The lowest BCUT2D eigenvalue weighted by Gasteiger charge is -2.34. The number of unbranched alkanes of at least 4 members (excludes halogenated alkanes) is 3. The molecule has 0 radical (unpaired) electrons. The summed E-state index contributed by atoms with van der Waals surface area (Å²) in [5, 5.41) is -14.0. The molecule has 0 fully saturated rings. The highest BCUT2D eigenvalue weighted by Crippen LogP contribution is 2.47. The Morgan fingerprint density at radius 1 is 0.571 bits per heavy atom. The van der Waals surface area contributed by atoms with Gasteiger partial charge < -0.3 is 8.61 Å². The number of hydrogen-bond donors (Lipinski definition) is 0. The van der Waals surface area contributed by atoms with Gasteiger partial charge in [0.1, 0.15) is 0 Å². The third kappa shape index (κ3) is 10.2. The van der Waals surface area contributed by atoms with Crippen molar-refractivity contribution >= 4 is 20.0 Å². The third-order valence-corrected chi connectivity index (χ3v) is 7.99. The van der Waals surface area contributed by atoms with Gasteiger partial charge in [0.25, 0.3) is 0 Å². The number of quaternary nitrogens is 1. The molecule has 0 aliphatic heterocycles. The molecule has 0 amide bonds. The molecule has 35 heavy (non-hydrogen) atoms. The van der Waals surface area contributed by atoms with Crippen LogP contribution in [-0.2, 0) is 20.0 Å². The van der Waals surface area contributed by atoms with Crippen LogP contribution in [0.5, 0.6) is 0 Å². The fourth-order valence-corrected chi connectivity index (χ4v) is 4.84. The number of nitrogens with zero attached hydrogens (tertiary/aromatic N) is 2. The molecule has 0 rings (SSSR count). The minimum Gasteiger partial charge on any atom is -0.425 e. The first-order valence-corrected chi connectivity index (χ1v) is 13.2.